The van der Waals surface area contributed by atoms with Gasteiger partial charge in [0.15, 0.2) is 0 Å². The van der Waals surface area contributed by atoms with Gasteiger partial charge in [0, 0.05) is 24.3 Å². The standard InChI is InChI=1S/C20H19N3O2/c24-13-7-12-21-20(25)17-14-22-18(15-8-3-1-4-9-15)19(23-17)16-10-5-2-6-11-16/h1-6,8-11,14,24H,7,12-13H2,(H,21,25). The predicted molar refractivity (Wildman–Crippen MR) is 96.9 cm³/mol. The summed E-state index contributed by atoms with van der Waals surface area (Å²) in [5.41, 5.74) is 3.51. The maximum atomic E-state index is 12.3. The second-order valence-electron chi connectivity index (χ2n) is 5.52. The molecule has 1 aromatic heterocycles. The molecule has 0 atom stereocenters. The molecule has 0 aliphatic carbocycles. The van der Waals surface area contributed by atoms with Crippen LogP contribution in [0.2, 0.25) is 0 Å². The number of nitrogens with one attached hydrogen (secondary N) is 1. The van der Waals surface area contributed by atoms with Crippen molar-refractivity contribution in [2.75, 3.05) is 13.2 Å². The van der Waals surface area contributed by atoms with Gasteiger partial charge in [-0.2, -0.15) is 0 Å². The molecule has 126 valence electrons. The first-order chi connectivity index (χ1) is 12.3. The highest BCUT2D eigenvalue weighted by atomic mass is 16.3. The number of nitrogens with zero attached hydrogens (tertiary/aromatic N) is 2. The van der Waals surface area contributed by atoms with Crippen LogP contribution in [0.3, 0.4) is 0 Å². The molecule has 1 amide bonds. The van der Waals surface area contributed by atoms with E-state index in [-0.39, 0.29) is 18.2 Å². The molecular weight excluding hydrogens is 314 g/mol. The zero-order chi connectivity index (χ0) is 17.5. The van der Waals surface area contributed by atoms with E-state index in [9.17, 15) is 4.79 Å². The highest BCUT2D eigenvalue weighted by Gasteiger charge is 2.15. The van der Waals surface area contributed by atoms with Gasteiger partial charge in [-0.1, -0.05) is 60.7 Å². The van der Waals surface area contributed by atoms with Gasteiger partial charge in [0.05, 0.1) is 17.6 Å². The molecule has 1 heterocycles. The van der Waals surface area contributed by atoms with Crippen LogP contribution in [0.15, 0.2) is 66.9 Å². The van der Waals surface area contributed by atoms with Crippen molar-refractivity contribution in [3.05, 3.63) is 72.6 Å². The van der Waals surface area contributed by atoms with Crippen LogP contribution in [0, 0.1) is 0 Å². The van der Waals surface area contributed by atoms with Crippen LogP contribution in [0.1, 0.15) is 16.9 Å². The molecule has 0 saturated carbocycles. The molecule has 3 aromatic rings. The molecule has 0 saturated heterocycles. The highest BCUT2D eigenvalue weighted by Crippen LogP contribution is 2.28. The topological polar surface area (TPSA) is 75.1 Å². The van der Waals surface area contributed by atoms with Gasteiger partial charge in [0.2, 0.25) is 0 Å². The summed E-state index contributed by atoms with van der Waals surface area (Å²) in [6, 6.07) is 19.5. The van der Waals surface area contributed by atoms with Crippen molar-refractivity contribution < 1.29 is 9.90 Å². The van der Waals surface area contributed by atoms with Gasteiger partial charge in [-0.3, -0.25) is 9.78 Å². The van der Waals surface area contributed by atoms with Crippen molar-refractivity contribution in [1.82, 2.24) is 15.3 Å². The number of carbonyl (C=O) groups is 1. The molecule has 0 spiro atoms. The van der Waals surface area contributed by atoms with Gasteiger partial charge < -0.3 is 10.4 Å². The normalized spacial score (nSPS) is 10.4. The Bertz CT molecular complexity index is 836. The summed E-state index contributed by atoms with van der Waals surface area (Å²) in [4.78, 5) is 21.3. The number of aliphatic hydroxyl groups is 1. The Morgan fingerprint density at radius 2 is 1.52 bits per heavy atom. The van der Waals surface area contributed by atoms with E-state index < -0.39 is 0 Å². The van der Waals surface area contributed by atoms with E-state index in [4.69, 9.17) is 5.11 Å². The average molecular weight is 333 g/mol. The van der Waals surface area contributed by atoms with Crippen LogP contribution in [-0.4, -0.2) is 34.1 Å². The molecule has 2 N–H and O–H groups in total. The quantitative estimate of drug-likeness (QED) is 0.680. The van der Waals surface area contributed by atoms with Crippen LogP contribution in [0.25, 0.3) is 22.5 Å². The molecule has 3 rings (SSSR count). The van der Waals surface area contributed by atoms with Gasteiger partial charge in [-0.05, 0) is 6.42 Å². The average Bonchev–Trinajstić information content (AvgIpc) is 2.69. The molecule has 0 unspecified atom stereocenters. The van der Waals surface area contributed by atoms with Crippen LogP contribution in [0.5, 0.6) is 0 Å². The fourth-order valence-electron chi connectivity index (χ4n) is 2.47. The van der Waals surface area contributed by atoms with Gasteiger partial charge in [-0.25, -0.2) is 4.98 Å². The minimum atomic E-state index is -0.294. The summed E-state index contributed by atoms with van der Waals surface area (Å²) in [5.74, 6) is -0.294. The van der Waals surface area contributed by atoms with Crippen LogP contribution in [-0.2, 0) is 0 Å². The Balaban J connectivity index is 2.01. The molecule has 0 aliphatic heterocycles. The molecular formula is C20H19N3O2. The van der Waals surface area contributed by atoms with Crippen molar-refractivity contribution in [3.63, 3.8) is 0 Å². The zero-order valence-electron chi connectivity index (χ0n) is 13.7. The molecule has 0 bridgehead atoms. The molecule has 0 aliphatic rings. The predicted octanol–water partition coefficient (Wildman–Crippen LogP) is 2.92. The first-order valence-electron chi connectivity index (χ1n) is 8.16. The molecule has 0 fully saturated rings. The third kappa shape index (κ3) is 4.08. The third-order valence-corrected chi connectivity index (χ3v) is 3.72. The van der Waals surface area contributed by atoms with Crippen molar-refractivity contribution in [2.24, 2.45) is 0 Å². The van der Waals surface area contributed by atoms with Crippen molar-refractivity contribution >= 4 is 5.91 Å². The number of benzene rings is 2. The van der Waals surface area contributed by atoms with E-state index in [0.717, 1.165) is 16.8 Å². The number of hydrogen-bond donors (Lipinski definition) is 2. The van der Waals surface area contributed by atoms with Gasteiger partial charge in [0.1, 0.15) is 5.69 Å². The van der Waals surface area contributed by atoms with Crippen molar-refractivity contribution in [2.45, 2.75) is 6.42 Å². The molecule has 5 heteroatoms. The lowest BCUT2D eigenvalue weighted by molar-refractivity contribution is 0.0946. The van der Waals surface area contributed by atoms with Crippen LogP contribution < -0.4 is 5.32 Å². The van der Waals surface area contributed by atoms with Crippen LogP contribution >= 0.6 is 0 Å². The summed E-state index contributed by atoms with van der Waals surface area (Å²) in [5, 5.41) is 11.6. The molecule has 0 radical (unpaired) electrons. The lowest BCUT2D eigenvalue weighted by Crippen LogP contribution is -2.26. The number of amides is 1. The highest BCUT2D eigenvalue weighted by molar-refractivity contribution is 5.93. The summed E-state index contributed by atoms with van der Waals surface area (Å²) in [6.45, 7) is 0.437. The molecule has 5 nitrogen and oxygen atoms in total. The summed E-state index contributed by atoms with van der Waals surface area (Å²) >= 11 is 0. The second-order valence-corrected chi connectivity index (χ2v) is 5.52. The summed E-state index contributed by atoms with van der Waals surface area (Å²) < 4.78 is 0. The molecule has 2 aromatic carbocycles. The molecule has 25 heavy (non-hydrogen) atoms. The number of aliphatic hydroxyl groups excluding tert-OH is 1. The van der Waals surface area contributed by atoms with E-state index in [2.05, 4.69) is 15.3 Å². The summed E-state index contributed by atoms with van der Waals surface area (Å²) in [7, 11) is 0. The van der Waals surface area contributed by atoms with E-state index in [1.165, 1.54) is 6.20 Å². The Hall–Kier alpha value is -3.05. The Labute approximate surface area is 146 Å². The lowest BCUT2D eigenvalue weighted by Gasteiger charge is -2.11. The first-order valence-corrected chi connectivity index (χ1v) is 8.16. The van der Waals surface area contributed by atoms with Gasteiger partial charge >= 0.3 is 0 Å². The van der Waals surface area contributed by atoms with Crippen molar-refractivity contribution in [1.29, 1.82) is 0 Å². The van der Waals surface area contributed by atoms with Crippen molar-refractivity contribution in [3.8, 4) is 22.5 Å². The maximum absolute atomic E-state index is 12.3. The van der Waals surface area contributed by atoms with E-state index >= 15 is 0 Å². The Morgan fingerprint density at radius 3 is 2.12 bits per heavy atom. The Kier molecular flexibility index (Phi) is 5.49. The number of carbonyl (C=O) groups excluding carboxylic acids is 1. The minimum Gasteiger partial charge on any atom is -0.396 e. The second kappa shape index (κ2) is 8.17. The maximum Gasteiger partial charge on any atom is 0.271 e. The zero-order valence-corrected chi connectivity index (χ0v) is 13.7. The minimum absolute atomic E-state index is 0.0359. The smallest absolute Gasteiger partial charge is 0.271 e. The van der Waals surface area contributed by atoms with E-state index in [1.54, 1.807) is 0 Å². The Morgan fingerprint density at radius 1 is 0.920 bits per heavy atom. The SMILES string of the molecule is O=C(NCCCO)c1cnc(-c2ccccc2)c(-c2ccccc2)n1. The van der Waals surface area contributed by atoms with Crippen LogP contribution in [0.4, 0.5) is 0 Å². The fourth-order valence-corrected chi connectivity index (χ4v) is 2.47. The first kappa shape index (κ1) is 16.8. The summed E-state index contributed by atoms with van der Waals surface area (Å²) in [6.07, 6.45) is 2.00. The lowest BCUT2D eigenvalue weighted by atomic mass is 10.0. The number of hydrogen-bond acceptors (Lipinski definition) is 4. The van der Waals surface area contributed by atoms with Gasteiger partial charge in [0.25, 0.3) is 5.91 Å². The van der Waals surface area contributed by atoms with E-state index in [0.29, 0.717) is 18.7 Å². The number of rotatable bonds is 6. The monoisotopic (exact) mass is 333 g/mol. The fraction of sp³-hybridized carbons (Fsp3) is 0.150. The van der Waals surface area contributed by atoms with E-state index in [1.807, 2.05) is 60.7 Å². The van der Waals surface area contributed by atoms with Gasteiger partial charge in [-0.15, -0.1) is 0 Å². The third-order valence-electron chi connectivity index (χ3n) is 3.72. The largest absolute Gasteiger partial charge is 0.396 e. The number of aromatic nitrogens is 2.